The van der Waals surface area contributed by atoms with Crippen LogP contribution in [0.2, 0.25) is 0 Å². The molecule has 2 heterocycles. The summed E-state index contributed by atoms with van der Waals surface area (Å²) in [5.74, 6) is -0.998. The van der Waals surface area contributed by atoms with Crippen LogP contribution in [0.5, 0.6) is 0 Å². The topological polar surface area (TPSA) is 157 Å². The average molecular weight is 533 g/mol. The van der Waals surface area contributed by atoms with E-state index in [1.54, 1.807) is 11.1 Å². The number of carbonyl (C=O) groups excluding carboxylic acids is 3. The fraction of sp³-hybridized carbons (Fsp3) is 0.379. The predicted molar refractivity (Wildman–Crippen MR) is 150 cm³/mol. The number of H-pyrrole nitrogens is 1. The molecule has 1 aliphatic rings. The number of rotatable bonds is 12. The number of aromatic nitrogens is 1. The van der Waals surface area contributed by atoms with Gasteiger partial charge in [0.25, 0.3) is 0 Å². The molecule has 1 aromatic heterocycles. The fourth-order valence-electron chi connectivity index (χ4n) is 4.94. The molecule has 0 bridgehead atoms. The lowest BCUT2D eigenvalue weighted by Crippen LogP contribution is -2.50. The Hall–Kier alpha value is -3.86. The van der Waals surface area contributed by atoms with Crippen LogP contribution in [0.15, 0.2) is 66.9 Å². The van der Waals surface area contributed by atoms with E-state index in [0.717, 1.165) is 16.5 Å². The van der Waals surface area contributed by atoms with E-state index in [-0.39, 0.29) is 23.6 Å². The van der Waals surface area contributed by atoms with Crippen LogP contribution in [0.25, 0.3) is 10.9 Å². The minimum absolute atomic E-state index is 0.0559. The van der Waals surface area contributed by atoms with Crippen LogP contribution in [0, 0.1) is 5.92 Å². The summed E-state index contributed by atoms with van der Waals surface area (Å²) in [5, 5.41) is 10.0. The maximum absolute atomic E-state index is 13.4. The van der Waals surface area contributed by atoms with Gasteiger partial charge in [-0.05, 0) is 37.0 Å². The van der Waals surface area contributed by atoms with Crippen LogP contribution in [-0.4, -0.2) is 67.4 Å². The van der Waals surface area contributed by atoms with Gasteiger partial charge in [-0.3, -0.25) is 14.4 Å². The van der Waals surface area contributed by atoms with E-state index < -0.39 is 12.1 Å². The first-order chi connectivity index (χ1) is 19.0. The SMILES string of the molecule is NCCN(CCN)C(=O)[C@@H]1CN[C@H](C(=O)N[C@@H](CCc2ccccc2)C(=O)Nc2c[nH+]c3ccccc3c2)C1. The van der Waals surface area contributed by atoms with Crippen molar-refractivity contribution in [2.45, 2.75) is 31.3 Å². The van der Waals surface area contributed by atoms with E-state index in [9.17, 15) is 14.4 Å². The van der Waals surface area contributed by atoms with E-state index >= 15 is 0 Å². The number of aromatic amines is 1. The third-order valence-electron chi connectivity index (χ3n) is 7.03. The lowest BCUT2D eigenvalue weighted by Gasteiger charge is -2.24. The number of amides is 3. The zero-order valence-electron chi connectivity index (χ0n) is 22.1. The van der Waals surface area contributed by atoms with Gasteiger partial charge in [0.2, 0.25) is 23.2 Å². The van der Waals surface area contributed by atoms with E-state index in [2.05, 4.69) is 20.9 Å². The molecule has 3 aromatic rings. The molecule has 206 valence electrons. The summed E-state index contributed by atoms with van der Waals surface area (Å²) in [5.41, 5.74) is 14.0. The molecule has 10 nitrogen and oxygen atoms in total. The number of fused-ring (bicyclic) bond motifs is 1. The van der Waals surface area contributed by atoms with Crippen LogP contribution >= 0.6 is 0 Å². The number of pyridine rings is 1. The summed E-state index contributed by atoms with van der Waals surface area (Å²) in [6.45, 7) is 1.94. The molecule has 4 rings (SSSR count). The number of aryl methyl sites for hydroxylation is 1. The van der Waals surface area contributed by atoms with Gasteiger partial charge in [0.05, 0.1) is 12.0 Å². The largest absolute Gasteiger partial charge is 0.343 e. The van der Waals surface area contributed by atoms with Crippen LogP contribution in [0.3, 0.4) is 0 Å². The molecule has 39 heavy (non-hydrogen) atoms. The van der Waals surface area contributed by atoms with E-state index in [1.807, 2.05) is 60.7 Å². The Kier molecular flexibility index (Phi) is 9.96. The predicted octanol–water partition coefficient (Wildman–Crippen LogP) is 0.434. The monoisotopic (exact) mass is 532 g/mol. The zero-order valence-corrected chi connectivity index (χ0v) is 22.1. The number of benzene rings is 2. The van der Waals surface area contributed by atoms with Crippen molar-refractivity contribution in [3.8, 4) is 0 Å². The van der Waals surface area contributed by atoms with Crippen molar-refractivity contribution in [2.24, 2.45) is 17.4 Å². The normalized spacial score (nSPS) is 17.5. The molecular formula is C29H38N7O3+. The number of carbonyl (C=O) groups is 3. The number of nitrogens with two attached hydrogens (primary N) is 2. The summed E-state index contributed by atoms with van der Waals surface area (Å²) >= 11 is 0. The number of para-hydroxylation sites is 1. The Bertz CT molecular complexity index is 1260. The van der Waals surface area contributed by atoms with Gasteiger partial charge in [-0.25, -0.2) is 4.98 Å². The third kappa shape index (κ3) is 7.60. The van der Waals surface area contributed by atoms with Crippen molar-refractivity contribution in [2.75, 3.05) is 38.0 Å². The summed E-state index contributed by atoms with van der Waals surface area (Å²) < 4.78 is 0. The number of hydrogen-bond acceptors (Lipinski definition) is 6. The first-order valence-electron chi connectivity index (χ1n) is 13.5. The summed E-state index contributed by atoms with van der Waals surface area (Å²) in [6, 6.07) is 18.2. The summed E-state index contributed by atoms with van der Waals surface area (Å²) in [4.78, 5) is 44.4. The maximum Gasteiger partial charge on any atom is 0.247 e. The smallest absolute Gasteiger partial charge is 0.247 e. The second-order valence-electron chi connectivity index (χ2n) is 9.85. The summed E-state index contributed by atoms with van der Waals surface area (Å²) in [7, 11) is 0. The molecule has 2 aromatic carbocycles. The Balaban J connectivity index is 1.42. The van der Waals surface area contributed by atoms with Gasteiger partial charge >= 0.3 is 0 Å². The van der Waals surface area contributed by atoms with Gasteiger partial charge in [0.1, 0.15) is 11.7 Å². The molecule has 8 N–H and O–H groups in total. The lowest BCUT2D eigenvalue weighted by atomic mass is 10.0. The molecule has 10 heteroatoms. The fourth-order valence-corrected chi connectivity index (χ4v) is 4.94. The first-order valence-corrected chi connectivity index (χ1v) is 13.5. The van der Waals surface area contributed by atoms with Gasteiger partial charge in [-0.2, -0.15) is 0 Å². The molecular weight excluding hydrogens is 494 g/mol. The zero-order chi connectivity index (χ0) is 27.6. The molecule has 0 spiro atoms. The van der Waals surface area contributed by atoms with Gasteiger partial charge in [0.15, 0.2) is 6.20 Å². The number of anilines is 1. The minimum Gasteiger partial charge on any atom is -0.343 e. The second-order valence-corrected chi connectivity index (χ2v) is 9.85. The van der Waals surface area contributed by atoms with Gasteiger partial charge in [-0.1, -0.05) is 42.5 Å². The number of nitrogens with one attached hydrogen (secondary N) is 4. The van der Waals surface area contributed by atoms with Gasteiger partial charge in [0, 0.05) is 44.2 Å². The number of nitrogens with zero attached hydrogens (tertiary/aromatic N) is 1. The standard InChI is InChI=1S/C29H37N7O3/c30-12-14-36(15-13-31)29(39)22-17-26(32-18-22)28(38)35-25(11-10-20-6-2-1-3-7-20)27(37)34-23-16-21-8-4-5-9-24(21)33-19-23/h1-9,16,19,22,25-26,32H,10-15,17-18,30-31H2,(H,34,37)(H,35,38)/p+1/t22-,25-,26-/m0/s1. The second kappa shape index (κ2) is 13.8. The number of hydrogen-bond donors (Lipinski definition) is 5. The van der Waals surface area contributed by atoms with Crippen molar-refractivity contribution in [1.29, 1.82) is 0 Å². The maximum atomic E-state index is 13.4. The minimum atomic E-state index is -0.758. The van der Waals surface area contributed by atoms with Crippen LogP contribution in [-0.2, 0) is 20.8 Å². The molecule has 0 saturated carbocycles. The molecule has 1 saturated heterocycles. The van der Waals surface area contributed by atoms with Crippen molar-refractivity contribution in [3.63, 3.8) is 0 Å². The quantitative estimate of drug-likeness (QED) is 0.228. The highest BCUT2D eigenvalue weighted by Gasteiger charge is 2.36. The van der Waals surface area contributed by atoms with Crippen molar-refractivity contribution in [1.82, 2.24) is 15.5 Å². The van der Waals surface area contributed by atoms with Crippen molar-refractivity contribution >= 4 is 34.3 Å². The highest BCUT2D eigenvalue weighted by atomic mass is 16.2. The Labute approximate surface area is 228 Å². The lowest BCUT2D eigenvalue weighted by molar-refractivity contribution is -0.343. The highest BCUT2D eigenvalue weighted by molar-refractivity contribution is 5.98. The Morgan fingerprint density at radius 1 is 1.03 bits per heavy atom. The molecule has 1 aliphatic heterocycles. The highest BCUT2D eigenvalue weighted by Crippen LogP contribution is 2.18. The van der Waals surface area contributed by atoms with E-state index in [1.165, 1.54) is 0 Å². The molecule has 3 amide bonds. The van der Waals surface area contributed by atoms with Crippen LogP contribution in [0.4, 0.5) is 5.69 Å². The molecule has 0 aliphatic carbocycles. The van der Waals surface area contributed by atoms with Crippen molar-refractivity contribution in [3.05, 3.63) is 72.4 Å². The Morgan fingerprint density at radius 2 is 1.74 bits per heavy atom. The van der Waals surface area contributed by atoms with Crippen LogP contribution < -0.4 is 32.4 Å². The molecule has 0 unspecified atom stereocenters. The Morgan fingerprint density at radius 3 is 2.49 bits per heavy atom. The average Bonchev–Trinajstić information content (AvgIpc) is 3.46. The van der Waals surface area contributed by atoms with E-state index in [0.29, 0.717) is 57.7 Å². The van der Waals surface area contributed by atoms with E-state index in [4.69, 9.17) is 11.5 Å². The molecule has 3 atom stereocenters. The van der Waals surface area contributed by atoms with Gasteiger partial charge < -0.3 is 32.3 Å². The van der Waals surface area contributed by atoms with Gasteiger partial charge in [-0.15, -0.1) is 0 Å². The van der Waals surface area contributed by atoms with Crippen LogP contribution in [0.1, 0.15) is 18.4 Å². The molecule has 0 radical (unpaired) electrons. The van der Waals surface area contributed by atoms with Crippen molar-refractivity contribution < 1.29 is 19.4 Å². The first kappa shape index (κ1) is 28.2. The molecule has 1 fully saturated rings. The summed E-state index contributed by atoms with van der Waals surface area (Å²) in [6.07, 6.45) is 3.13. The third-order valence-corrected chi connectivity index (χ3v) is 7.03.